The molecule has 4 nitrogen and oxygen atoms in total. The quantitative estimate of drug-likeness (QED) is 0.743. The number of nitrogens with one attached hydrogen (secondary N) is 2. The highest BCUT2D eigenvalue weighted by atomic mass is 16.5. The maximum Gasteiger partial charge on any atom is 0.119 e. The average Bonchev–Trinajstić information content (AvgIpc) is 2.95. The first-order valence-corrected chi connectivity index (χ1v) is 6.74. The van der Waals surface area contributed by atoms with Crippen molar-refractivity contribution in [2.24, 2.45) is 0 Å². The van der Waals surface area contributed by atoms with E-state index in [9.17, 15) is 0 Å². The Bertz CT molecular complexity index is 706. The van der Waals surface area contributed by atoms with Crippen molar-refractivity contribution in [2.45, 2.75) is 13.5 Å². The summed E-state index contributed by atoms with van der Waals surface area (Å²) in [5.74, 6) is 0.910. The lowest BCUT2D eigenvalue weighted by Gasteiger charge is -2.09. The summed E-state index contributed by atoms with van der Waals surface area (Å²) in [5.41, 5.74) is 3.31. The molecule has 0 aliphatic heterocycles. The molecule has 0 unspecified atom stereocenters. The number of aromatic amines is 1. The first-order chi connectivity index (χ1) is 9.86. The lowest BCUT2D eigenvalue weighted by atomic mass is 10.2. The summed E-state index contributed by atoms with van der Waals surface area (Å²) in [6, 6.07) is 14.2. The van der Waals surface area contributed by atoms with Crippen LogP contribution in [0.4, 0.5) is 5.69 Å². The summed E-state index contributed by atoms with van der Waals surface area (Å²) in [5, 5.41) is 11.6. The highest BCUT2D eigenvalue weighted by Gasteiger charge is 2.02. The number of anilines is 1. The van der Waals surface area contributed by atoms with Crippen molar-refractivity contribution in [1.29, 1.82) is 0 Å². The summed E-state index contributed by atoms with van der Waals surface area (Å²) in [6.45, 7) is 3.43. The van der Waals surface area contributed by atoms with Gasteiger partial charge in [0.25, 0.3) is 0 Å². The van der Waals surface area contributed by atoms with Crippen LogP contribution < -0.4 is 10.1 Å². The van der Waals surface area contributed by atoms with Crippen LogP contribution in [0.25, 0.3) is 10.9 Å². The minimum Gasteiger partial charge on any atom is -0.494 e. The fraction of sp³-hybridized carbons (Fsp3) is 0.188. The first kappa shape index (κ1) is 12.5. The molecule has 102 valence electrons. The van der Waals surface area contributed by atoms with E-state index in [1.165, 1.54) is 5.56 Å². The number of hydrogen-bond acceptors (Lipinski definition) is 3. The predicted octanol–water partition coefficient (Wildman–Crippen LogP) is 3.57. The zero-order valence-corrected chi connectivity index (χ0v) is 11.4. The molecule has 2 N–H and O–H groups in total. The fourth-order valence-electron chi connectivity index (χ4n) is 2.23. The van der Waals surface area contributed by atoms with Gasteiger partial charge in [0.1, 0.15) is 5.75 Å². The Labute approximate surface area is 117 Å². The van der Waals surface area contributed by atoms with Crippen LogP contribution in [0.1, 0.15) is 12.5 Å². The van der Waals surface area contributed by atoms with Gasteiger partial charge in [-0.15, -0.1) is 0 Å². The Kier molecular flexibility index (Phi) is 3.54. The summed E-state index contributed by atoms with van der Waals surface area (Å²) in [4.78, 5) is 0. The Morgan fingerprint density at radius 2 is 2.10 bits per heavy atom. The van der Waals surface area contributed by atoms with Crippen LogP contribution in [-0.2, 0) is 6.54 Å². The molecule has 0 atom stereocenters. The second kappa shape index (κ2) is 5.65. The van der Waals surface area contributed by atoms with Crippen molar-refractivity contribution in [1.82, 2.24) is 10.2 Å². The smallest absolute Gasteiger partial charge is 0.119 e. The molecule has 1 heterocycles. The van der Waals surface area contributed by atoms with E-state index in [4.69, 9.17) is 4.74 Å². The Morgan fingerprint density at radius 1 is 1.20 bits per heavy atom. The second-order valence-electron chi connectivity index (χ2n) is 4.57. The van der Waals surface area contributed by atoms with Crippen LogP contribution in [0.2, 0.25) is 0 Å². The van der Waals surface area contributed by atoms with Crippen molar-refractivity contribution < 1.29 is 4.74 Å². The van der Waals surface area contributed by atoms with E-state index >= 15 is 0 Å². The molecule has 20 heavy (non-hydrogen) atoms. The third-order valence-electron chi connectivity index (χ3n) is 3.18. The molecule has 0 fully saturated rings. The maximum atomic E-state index is 5.51. The van der Waals surface area contributed by atoms with Gasteiger partial charge in [-0.25, -0.2) is 0 Å². The summed E-state index contributed by atoms with van der Waals surface area (Å²) in [6.07, 6.45) is 1.84. The molecular weight excluding hydrogens is 250 g/mol. The molecule has 0 spiro atoms. The molecule has 4 heteroatoms. The van der Waals surface area contributed by atoms with Gasteiger partial charge in [-0.1, -0.05) is 18.2 Å². The van der Waals surface area contributed by atoms with Crippen molar-refractivity contribution >= 4 is 16.6 Å². The summed E-state index contributed by atoms with van der Waals surface area (Å²) < 4.78 is 5.51. The molecular formula is C16H17N3O. The largest absolute Gasteiger partial charge is 0.494 e. The van der Waals surface area contributed by atoms with Crippen LogP contribution >= 0.6 is 0 Å². The number of H-pyrrole nitrogens is 1. The van der Waals surface area contributed by atoms with Crippen LogP contribution in [0, 0.1) is 0 Å². The number of hydrogen-bond donors (Lipinski definition) is 2. The van der Waals surface area contributed by atoms with Gasteiger partial charge in [0, 0.05) is 17.6 Å². The van der Waals surface area contributed by atoms with Crippen LogP contribution in [-0.4, -0.2) is 16.8 Å². The Morgan fingerprint density at radius 3 is 3.00 bits per heavy atom. The van der Waals surface area contributed by atoms with Crippen molar-refractivity contribution in [3.8, 4) is 5.75 Å². The minimum absolute atomic E-state index is 0.686. The van der Waals surface area contributed by atoms with Gasteiger partial charge in [0.15, 0.2) is 0 Å². The third kappa shape index (κ3) is 2.59. The molecule has 0 saturated carbocycles. The fourth-order valence-corrected chi connectivity index (χ4v) is 2.23. The molecule has 0 saturated heterocycles. The molecule has 3 aromatic rings. The van der Waals surface area contributed by atoms with E-state index in [-0.39, 0.29) is 0 Å². The number of rotatable bonds is 5. The van der Waals surface area contributed by atoms with Gasteiger partial charge in [-0.2, -0.15) is 5.10 Å². The molecule has 0 aliphatic rings. The second-order valence-corrected chi connectivity index (χ2v) is 4.57. The van der Waals surface area contributed by atoms with Crippen LogP contribution in [0.3, 0.4) is 0 Å². The van der Waals surface area contributed by atoms with Crippen molar-refractivity contribution in [3.63, 3.8) is 0 Å². The SMILES string of the molecule is CCOc1cccc(CNc2cccc3[nH]ncc23)c1. The summed E-state index contributed by atoms with van der Waals surface area (Å²) in [7, 11) is 0. The lowest BCUT2D eigenvalue weighted by molar-refractivity contribution is 0.340. The molecule has 0 aliphatic carbocycles. The van der Waals surface area contributed by atoms with Gasteiger partial charge in [0.05, 0.1) is 18.3 Å². The van der Waals surface area contributed by atoms with E-state index in [2.05, 4.69) is 33.7 Å². The minimum atomic E-state index is 0.686. The predicted molar refractivity (Wildman–Crippen MR) is 81.0 cm³/mol. The standard InChI is InChI=1S/C16H17N3O/c1-2-20-13-6-3-5-12(9-13)10-17-15-7-4-8-16-14(15)11-18-19-16/h3-9,11,17H,2,10H2,1H3,(H,18,19). The maximum absolute atomic E-state index is 5.51. The highest BCUT2D eigenvalue weighted by Crippen LogP contribution is 2.22. The van der Waals surface area contributed by atoms with Crippen LogP contribution in [0.15, 0.2) is 48.7 Å². The molecule has 0 amide bonds. The van der Waals surface area contributed by atoms with E-state index in [0.717, 1.165) is 28.9 Å². The molecule has 3 rings (SSSR count). The van der Waals surface area contributed by atoms with Gasteiger partial charge in [0.2, 0.25) is 0 Å². The molecule has 2 aromatic carbocycles. The first-order valence-electron chi connectivity index (χ1n) is 6.74. The zero-order valence-electron chi connectivity index (χ0n) is 11.4. The highest BCUT2D eigenvalue weighted by molar-refractivity contribution is 5.90. The van der Waals surface area contributed by atoms with Gasteiger partial charge >= 0.3 is 0 Å². The lowest BCUT2D eigenvalue weighted by Crippen LogP contribution is -2.00. The van der Waals surface area contributed by atoms with Gasteiger partial charge < -0.3 is 10.1 Å². The Balaban J connectivity index is 1.76. The molecule has 0 radical (unpaired) electrons. The topological polar surface area (TPSA) is 49.9 Å². The summed E-state index contributed by atoms with van der Waals surface area (Å²) >= 11 is 0. The average molecular weight is 267 g/mol. The zero-order chi connectivity index (χ0) is 13.8. The number of aromatic nitrogens is 2. The van der Waals surface area contributed by atoms with Gasteiger partial charge in [-0.3, -0.25) is 5.10 Å². The number of benzene rings is 2. The normalized spacial score (nSPS) is 10.7. The number of nitrogens with zero attached hydrogens (tertiary/aromatic N) is 1. The van der Waals surface area contributed by atoms with Gasteiger partial charge in [-0.05, 0) is 36.8 Å². The molecule has 0 bridgehead atoms. The van der Waals surface area contributed by atoms with Crippen LogP contribution in [0.5, 0.6) is 5.75 Å². The third-order valence-corrected chi connectivity index (χ3v) is 3.18. The van der Waals surface area contributed by atoms with E-state index in [1.54, 1.807) is 0 Å². The monoisotopic (exact) mass is 267 g/mol. The Hall–Kier alpha value is -2.49. The van der Waals surface area contributed by atoms with Crippen molar-refractivity contribution in [2.75, 3.05) is 11.9 Å². The number of fused-ring (bicyclic) bond motifs is 1. The molecule has 1 aromatic heterocycles. The van der Waals surface area contributed by atoms with Crippen molar-refractivity contribution in [3.05, 3.63) is 54.2 Å². The van der Waals surface area contributed by atoms with E-state index in [1.807, 2.05) is 37.4 Å². The van der Waals surface area contributed by atoms with E-state index in [0.29, 0.717) is 6.61 Å². The van der Waals surface area contributed by atoms with E-state index < -0.39 is 0 Å². The number of ether oxygens (including phenoxy) is 1.